The first-order valence-electron chi connectivity index (χ1n) is 12.2. The second-order valence-corrected chi connectivity index (χ2v) is 9.70. The van der Waals surface area contributed by atoms with Gasteiger partial charge in [0.15, 0.2) is 0 Å². The van der Waals surface area contributed by atoms with Crippen LogP contribution >= 0.6 is 15.9 Å². The molecule has 1 fully saturated rings. The second kappa shape index (κ2) is 11.8. The van der Waals surface area contributed by atoms with Gasteiger partial charge >= 0.3 is 0 Å². The van der Waals surface area contributed by atoms with Gasteiger partial charge in [0, 0.05) is 55.4 Å². The predicted molar refractivity (Wildman–Crippen MR) is 143 cm³/mol. The molecule has 0 spiro atoms. The molecule has 7 nitrogen and oxygen atoms in total. The number of methoxy groups -OCH3 is 1. The van der Waals surface area contributed by atoms with Gasteiger partial charge in [-0.2, -0.15) is 5.10 Å². The first-order chi connectivity index (χ1) is 17.0. The summed E-state index contributed by atoms with van der Waals surface area (Å²) in [6.07, 6.45) is 0. The third kappa shape index (κ3) is 5.94. The number of hydrogen-bond acceptors (Lipinski definition) is 5. The van der Waals surface area contributed by atoms with Crippen molar-refractivity contribution in [2.45, 2.75) is 20.4 Å². The Morgan fingerprint density at radius 1 is 1.09 bits per heavy atom. The fraction of sp³-hybridized carbons (Fsp3) is 0.407. The molecule has 8 heteroatoms. The fourth-order valence-electron chi connectivity index (χ4n) is 4.53. The van der Waals surface area contributed by atoms with Gasteiger partial charge in [0.25, 0.3) is 5.91 Å². The van der Waals surface area contributed by atoms with Gasteiger partial charge in [0.05, 0.1) is 24.5 Å². The molecule has 3 aromatic rings. The van der Waals surface area contributed by atoms with Crippen molar-refractivity contribution < 1.29 is 9.53 Å². The van der Waals surface area contributed by atoms with Crippen LogP contribution in [0.5, 0.6) is 0 Å². The summed E-state index contributed by atoms with van der Waals surface area (Å²) in [6, 6.07) is 17.8. The second-order valence-electron chi connectivity index (χ2n) is 8.79. The van der Waals surface area contributed by atoms with Crippen LogP contribution in [0.25, 0.3) is 5.69 Å². The minimum Gasteiger partial charge on any atom is -0.383 e. The van der Waals surface area contributed by atoms with E-state index in [4.69, 9.17) is 9.84 Å². The Labute approximate surface area is 216 Å². The van der Waals surface area contributed by atoms with Crippen LogP contribution in [-0.4, -0.2) is 78.5 Å². The average molecular weight is 541 g/mol. The Hall–Kier alpha value is -2.68. The molecule has 2 heterocycles. The lowest BCUT2D eigenvalue weighted by Gasteiger charge is -2.36. The van der Waals surface area contributed by atoms with Gasteiger partial charge in [-0.1, -0.05) is 47.1 Å². The number of likely N-dealkylation sites (N-methyl/N-ethyl adjacent to an activating group) is 1. The van der Waals surface area contributed by atoms with Crippen LogP contribution < -0.4 is 4.90 Å². The standard InChI is InChI=1S/C27H34BrN5O2/c1-4-30-13-15-31(16-14-30)26-25(21(2)29-33(26)24-11-6-5-7-12-24)20-32(17-18-35-3)27(34)22-9-8-10-23(28)19-22/h5-12,19H,4,13-18,20H2,1-3H3. The van der Waals surface area contributed by atoms with E-state index in [-0.39, 0.29) is 5.91 Å². The number of rotatable bonds is 9. The topological polar surface area (TPSA) is 53.8 Å². The summed E-state index contributed by atoms with van der Waals surface area (Å²) in [5.74, 6) is 1.06. The van der Waals surface area contributed by atoms with Crippen LogP contribution in [-0.2, 0) is 11.3 Å². The Bertz CT molecular complexity index is 1130. The third-order valence-corrected chi connectivity index (χ3v) is 7.04. The average Bonchev–Trinajstić information content (AvgIpc) is 3.22. The van der Waals surface area contributed by atoms with Gasteiger partial charge in [-0.05, 0) is 43.8 Å². The summed E-state index contributed by atoms with van der Waals surface area (Å²) in [5, 5.41) is 4.96. The van der Waals surface area contributed by atoms with E-state index in [1.165, 1.54) is 0 Å². The minimum atomic E-state index is -0.0167. The number of aromatic nitrogens is 2. The number of para-hydroxylation sites is 1. The van der Waals surface area contributed by atoms with Crippen molar-refractivity contribution in [1.82, 2.24) is 19.6 Å². The Balaban J connectivity index is 1.72. The van der Waals surface area contributed by atoms with Crippen molar-refractivity contribution in [2.24, 2.45) is 0 Å². The molecule has 1 aromatic heterocycles. The third-order valence-electron chi connectivity index (χ3n) is 6.55. The zero-order valence-electron chi connectivity index (χ0n) is 20.8. The molecule has 1 aliphatic heterocycles. The van der Waals surface area contributed by atoms with Crippen molar-refractivity contribution in [1.29, 1.82) is 0 Å². The number of aryl methyl sites for hydroxylation is 1. The molecule has 1 aliphatic rings. The maximum Gasteiger partial charge on any atom is 0.254 e. The van der Waals surface area contributed by atoms with E-state index >= 15 is 0 Å². The number of benzene rings is 2. The SMILES string of the molecule is CCN1CCN(c2c(CN(CCOC)C(=O)c3cccc(Br)c3)c(C)nn2-c2ccccc2)CC1. The fourth-order valence-corrected chi connectivity index (χ4v) is 4.93. The first-order valence-corrected chi connectivity index (χ1v) is 13.0. The quantitative estimate of drug-likeness (QED) is 0.404. The molecule has 4 rings (SSSR count). The molecule has 0 N–H and O–H groups in total. The van der Waals surface area contributed by atoms with Crippen LogP contribution in [0, 0.1) is 6.92 Å². The predicted octanol–water partition coefficient (Wildman–Crippen LogP) is 4.37. The molecule has 1 saturated heterocycles. The molecule has 0 atom stereocenters. The largest absolute Gasteiger partial charge is 0.383 e. The number of nitrogens with zero attached hydrogens (tertiary/aromatic N) is 5. The molecular formula is C27H34BrN5O2. The van der Waals surface area contributed by atoms with Gasteiger partial charge in [-0.3, -0.25) is 4.79 Å². The number of hydrogen-bond donors (Lipinski definition) is 0. The normalized spacial score (nSPS) is 14.3. The van der Waals surface area contributed by atoms with E-state index in [1.54, 1.807) is 7.11 Å². The van der Waals surface area contributed by atoms with E-state index in [1.807, 2.05) is 59.0 Å². The summed E-state index contributed by atoms with van der Waals surface area (Å²) in [6.45, 7) is 10.6. The molecule has 0 radical (unpaired) electrons. The maximum atomic E-state index is 13.6. The van der Waals surface area contributed by atoms with E-state index in [9.17, 15) is 4.79 Å². The number of ether oxygens (including phenoxy) is 1. The van der Waals surface area contributed by atoms with E-state index < -0.39 is 0 Å². The molecule has 2 aromatic carbocycles. The van der Waals surface area contributed by atoms with Crippen molar-refractivity contribution in [3.05, 3.63) is 75.9 Å². The highest BCUT2D eigenvalue weighted by Gasteiger charge is 2.28. The summed E-state index contributed by atoms with van der Waals surface area (Å²) in [4.78, 5) is 20.3. The van der Waals surface area contributed by atoms with E-state index in [0.717, 1.165) is 60.0 Å². The molecule has 35 heavy (non-hydrogen) atoms. The number of halogens is 1. The van der Waals surface area contributed by atoms with Crippen LogP contribution in [0.15, 0.2) is 59.1 Å². The molecule has 186 valence electrons. The monoisotopic (exact) mass is 539 g/mol. The van der Waals surface area contributed by atoms with Gasteiger partial charge < -0.3 is 19.4 Å². The van der Waals surface area contributed by atoms with Crippen LogP contribution in [0.4, 0.5) is 5.82 Å². The van der Waals surface area contributed by atoms with Crippen LogP contribution in [0.2, 0.25) is 0 Å². The number of anilines is 1. The van der Waals surface area contributed by atoms with E-state index in [0.29, 0.717) is 25.3 Å². The lowest BCUT2D eigenvalue weighted by Crippen LogP contribution is -2.47. The molecule has 1 amide bonds. The molecule has 0 aliphatic carbocycles. The highest BCUT2D eigenvalue weighted by molar-refractivity contribution is 9.10. The Kier molecular flexibility index (Phi) is 8.59. The van der Waals surface area contributed by atoms with Gasteiger partial charge in [-0.25, -0.2) is 4.68 Å². The highest BCUT2D eigenvalue weighted by atomic mass is 79.9. The van der Waals surface area contributed by atoms with Crippen molar-refractivity contribution in [2.75, 3.05) is 57.9 Å². The van der Waals surface area contributed by atoms with Crippen molar-refractivity contribution in [3.63, 3.8) is 0 Å². The lowest BCUT2D eigenvalue weighted by atomic mass is 10.1. The lowest BCUT2D eigenvalue weighted by molar-refractivity contribution is 0.0680. The Morgan fingerprint density at radius 2 is 1.83 bits per heavy atom. The summed E-state index contributed by atoms with van der Waals surface area (Å²) in [7, 11) is 1.67. The molecule has 0 bridgehead atoms. The number of amides is 1. The minimum absolute atomic E-state index is 0.0167. The number of piperazine rings is 1. The number of carbonyl (C=O) groups excluding carboxylic acids is 1. The highest BCUT2D eigenvalue weighted by Crippen LogP contribution is 2.30. The molecular weight excluding hydrogens is 506 g/mol. The first kappa shape index (κ1) is 25.4. The number of carbonyl (C=O) groups is 1. The van der Waals surface area contributed by atoms with E-state index in [2.05, 4.69) is 44.8 Å². The summed E-state index contributed by atoms with van der Waals surface area (Å²) < 4.78 is 8.29. The summed E-state index contributed by atoms with van der Waals surface area (Å²) in [5.41, 5.74) is 3.70. The molecule has 0 unspecified atom stereocenters. The van der Waals surface area contributed by atoms with Crippen molar-refractivity contribution in [3.8, 4) is 5.69 Å². The Morgan fingerprint density at radius 3 is 2.49 bits per heavy atom. The zero-order valence-corrected chi connectivity index (χ0v) is 22.4. The van der Waals surface area contributed by atoms with Crippen molar-refractivity contribution >= 4 is 27.7 Å². The summed E-state index contributed by atoms with van der Waals surface area (Å²) >= 11 is 3.49. The smallest absolute Gasteiger partial charge is 0.254 e. The zero-order chi connectivity index (χ0) is 24.8. The van der Waals surface area contributed by atoms with Crippen LogP contribution in [0.1, 0.15) is 28.5 Å². The van der Waals surface area contributed by atoms with Gasteiger partial charge in [-0.15, -0.1) is 0 Å². The van der Waals surface area contributed by atoms with Gasteiger partial charge in [0.2, 0.25) is 0 Å². The molecule has 0 saturated carbocycles. The maximum absolute atomic E-state index is 13.6. The van der Waals surface area contributed by atoms with Gasteiger partial charge in [0.1, 0.15) is 5.82 Å². The van der Waals surface area contributed by atoms with Crippen LogP contribution in [0.3, 0.4) is 0 Å².